The summed E-state index contributed by atoms with van der Waals surface area (Å²) in [6.45, 7) is -0.907. The van der Waals surface area contributed by atoms with E-state index >= 15 is 0 Å². The minimum Gasteiger partial charge on any atom is -0.394 e. The third kappa shape index (κ3) is 1.96. The molecule has 0 aromatic heterocycles. The molecule has 3 heterocycles. The molecule has 0 radical (unpaired) electrons. The monoisotopic (exact) mass is 312 g/mol. The number of rotatable bonds is 2. The molecule has 3 rings (SSSR count). The molecule has 10 heteroatoms. The molecule has 3 aliphatic rings. The molecule has 0 aromatic carbocycles. The summed E-state index contributed by atoms with van der Waals surface area (Å²) in [6, 6.07) is 0.931. The van der Waals surface area contributed by atoms with E-state index in [-0.39, 0.29) is 12.4 Å². The number of aliphatic hydroxyl groups is 3. The first-order chi connectivity index (χ1) is 10.4. The number of nitrogens with zero attached hydrogens (tertiary/aromatic N) is 3. The van der Waals surface area contributed by atoms with E-state index in [4.69, 9.17) is 15.6 Å². The highest BCUT2D eigenvalue weighted by Gasteiger charge is 2.50. The molecule has 1 fully saturated rings. The Morgan fingerprint density at radius 1 is 1.55 bits per heavy atom. The Morgan fingerprint density at radius 3 is 2.91 bits per heavy atom. The van der Waals surface area contributed by atoms with E-state index in [1.165, 1.54) is 0 Å². The average molecular weight is 312 g/mol. The summed E-state index contributed by atoms with van der Waals surface area (Å²) in [4.78, 5) is 18.9. The van der Waals surface area contributed by atoms with Crippen molar-refractivity contribution in [3.05, 3.63) is 28.4 Å². The maximum absolute atomic E-state index is 13.9. The van der Waals surface area contributed by atoms with Gasteiger partial charge >= 0.3 is 0 Å². The van der Waals surface area contributed by atoms with Crippen LogP contribution in [0.5, 0.6) is 0 Å². The predicted octanol–water partition coefficient (Wildman–Crippen LogP) is -2.14. The van der Waals surface area contributed by atoms with E-state index in [2.05, 4.69) is 9.97 Å². The fourth-order valence-corrected chi connectivity index (χ4v) is 2.50. The van der Waals surface area contributed by atoms with Gasteiger partial charge in [0.25, 0.3) is 5.56 Å². The van der Waals surface area contributed by atoms with Crippen molar-refractivity contribution in [1.29, 1.82) is 0 Å². The van der Waals surface area contributed by atoms with Crippen LogP contribution in [0.1, 0.15) is 0 Å². The van der Waals surface area contributed by atoms with Crippen molar-refractivity contribution in [2.45, 2.75) is 17.9 Å². The normalized spacial score (nSPS) is 28.4. The van der Waals surface area contributed by atoms with Crippen LogP contribution in [0.3, 0.4) is 0 Å². The highest BCUT2D eigenvalue weighted by atomic mass is 19.1. The number of hydrogen-bond donors (Lipinski definition) is 4. The Bertz CT molecular complexity index is 753. The Balaban J connectivity index is 2.24. The van der Waals surface area contributed by atoms with Crippen LogP contribution in [-0.2, 0) is 10.5 Å². The van der Waals surface area contributed by atoms with E-state index in [0.717, 1.165) is 16.8 Å². The number of aromatic nitrogens is 3. The lowest BCUT2D eigenvalue weighted by atomic mass is 10.0. The lowest BCUT2D eigenvalue weighted by Gasteiger charge is -2.31. The molecule has 0 aliphatic carbocycles. The Kier molecular flexibility index (Phi) is 3.33. The second-order valence-electron chi connectivity index (χ2n) is 4.97. The molecular formula is C12H13FN4O5. The largest absolute Gasteiger partial charge is 0.394 e. The van der Waals surface area contributed by atoms with Crippen LogP contribution in [0.4, 0.5) is 10.3 Å². The van der Waals surface area contributed by atoms with Crippen molar-refractivity contribution in [2.24, 2.45) is 0 Å². The first-order valence-electron chi connectivity index (χ1n) is 6.36. The zero-order valence-electron chi connectivity index (χ0n) is 11.2. The Hall–Kier alpha value is -2.14. The summed E-state index contributed by atoms with van der Waals surface area (Å²) in [5, 5.41) is 29.9. The summed E-state index contributed by atoms with van der Waals surface area (Å²) >= 11 is 0. The number of nitrogen functional groups attached to an aromatic ring is 1. The minimum atomic E-state index is -2.04. The molecule has 1 saturated heterocycles. The zero-order chi connectivity index (χ0) is 16.1. The number of pyridine rings is 1. The smallest absolute Gasteiger partial charge is 0.287 e. The number of ether oxygens (including phenoxy) is 1. The van der Waals surface area contributed by atoms with Gasteiger partial charge in [-0.1, -0.05) is 0 Å². The van der Waals surface area contributed by atoms with E-state index in [1.807, 2.05) is 0 Å². The van der Waals surface area contributed by atoms with Gasteiger partial charge in [0.05, 0.1) is 13.2 Å². The Labute approximate surface area is 122 Å². The number of hydrogen-bond acceptors (Lipinski definition) is 8. The van der Waals surface area contributed by atoms with Gasteiger partial charge in [-0.2, -0.15) is 9.97 Å². The van der Waals surface area contributed by atoms with Gasteiger partial charge in [0.2, 0.25) is 5.95 Å². The predicted molar refractivity (Wildman–Crippen MR) is 70.3 cm³/mol. The van der Waals surface area contributed by atoms with Crippen LogP contribution in [0, 0.1) is 5.82 Å². The number of nitrogens with two attached hydrogens (primary N) is 1. The van der Waals surface area contributed by atoms with Gasteiger partial charge in [0.15, 0.2) is 11.5 Å². The molecule has 0 amide bonds. The van der Waals surface area contributed by atoms with E-state index in [1.54, 1.807) is 0 Å². The van der Waals surface area contributed by atoms with Gasteiger partial charge in [-0.15, -0.1) is 0 Å². The second kappa shape index (κ2) is 4.95. The van der Waals surface area contributed by atoms with E-state index in [9.17, 15) is 19.4 Å². The van der Waals surface area contributed by atoms with Crippen LogP contribution >= 0.6 is 0 Å². The third-order valence-electron chi connectivity index (χ3n) is 3.64. The average Bonchev–Trinajstić information content (AvgIpc) is 2.75. The van der Waals surface area contributed by atoms with Crippen molar-refractivity contribution in [3.63, 3.8) is 0 Å². The second-order valence-corrected chi connectivity index (χ2v) is 4.97. The van der Waals surface area contributed by atoms with Crippen molar-refractivity contribution < 1.29 is 24.4 Å². The van der Waals surface area contributed by atoms with Crippen molar-refractivity contribution in [3.8, 4) is 11.4 Å². The molecule has 3 atom stereocenters. The van der Waals surface area contributed by atoms with Crippen molar-refractivity contribution in [2.75, 3.05) is 18.9 Å². The van der Waals surface area contributed by atoms with E-state index in [0.29, 0.717) is 0 Å². The molecule has 0 aromatic rings. The Morgan fingerprint density at radius 2 is 2.27 bits per heavy atom. The summed E-state index contributed by atoms with van der Waals surface area (Å²) in [6.07, 6.45) is -1.43. The van der Waals surface area contributed by atoms with Gasteiger partial charge in [-0.05, 0) is 6.07 Å². The molecule has 3 aliphatic heterocycles. The molecular weight excluding hydrogens is 299 g/mol. The highest BCUT2D eigenvalue weighted by molar-refractivity contribution is 5.58. The SMILES string of the molecule is Nc1nc2n(C3(O)COC(CO)C3O)ccc(F)c-2c(=O)n1. The van der Waals surface area contributed by atoms with Crippen molar-refractivity contribution in [1.82, 2.24) is 14.5 Å². The maximum atomic E-state index is 13.9. The highest BCUT2D eigenvalue weighted by Crippen LogP contribution is 2.33. The number of anilines is 1. The lowest BCUT2D eigenvalue weighted by Crippen LogP contribution is -2.48. The fourth-order valence-electron chi connectivity index (χ4n) is 2.50. The molecule has 5 N–H and O–H groups in total. The minimum absolute atomic E-state index is 0.277. The van der Waals surface area contributed by atoms with Crippen LogP contribution in [0.15, 0.2) is 17.1 Å². The van der Waals surface area contributed by atoms with E-state index < -0.39 is 47.4 Å². The zero-order valence-corrected chi connectivity index (χ0v) is 11.2. The van der Waals surface area contributed by atoms with Crippen molar-refractivity contribution >= 4 is 5.95 Å². The van der Waals surface area contributed by atoms with Crippen LogP contribution in [0.25, 0.3) is 11.4 Å². The van der Waals surface area contributed by atoms with Gasteiger partial charge in [-0.3, -0.25) is 9.36 Å². The fraction of sp³-hybridized carbons (Fsp3) is 0.417. The molecule has 22 heavy (non-hydrogen) atoms. The summed E-state index contributed by atoms with van der Waals surface area (Å²) in [5.41, 5.74) is 1.96. The molecule has 0 spiro atoms. The van der Waals surface area contributed by atoms with Gasteiger partial charge in [0, 0.05) is 6.20 Å². The summed E-state index contributed by atoms with van der Waals surface area (Å²) in [5.74, 6) is -1.55. The first kappa shape index (κ1) is 14.8. The molecule has 0 saturated carbocycles. The lowest BCUT2D eigenvalue weighted by molar-refractivity contribution is -0.112. The van der Waals surface area contributed by atoms with Gasteiger partial charge in [-0.25, -0.2) is 4.39 Å². The van der Waals surface area contributed by atoms with Crippen LogP contribution < -0.4 is 11.3 Å². The summed E-state index contributed by atoms with van der Waals surface area (Å²) in [7, 11) is 0. The third-order valence-corrected chi connectivity index (χ3v) is 3.64. The topological polar surface area (TPSA) is 144 Å². The first-order valence-corrected chi connectivity index (χ1v) is 6.36. The molecule has 118 valence electrons. The molecule has 0 bridgehead atoms. The number of aliphatic hydroxyl groups excluding tert-OH is 2. The number of fused-ring (bicyclic) bond motifs is 1. The van der Waals surface area contributed by atoms with Gasteiger partial charge < -0.3 is 25.8 Å². The van der Waals surface area contributed by atoms with Crippen LogP contribution in [0.2, 0.25) is 0 Å². The number of halogens is 1. The van der Waals surface area contributed by atoms with Gasteiger partial charge in [0.1, 0.15) is 23.6 Å². The quantitative estimate of drug-likeness (QED) is 0.492. The summed E-state index contributed by atoms with van der Waals surface area (Å²) < 4.78 is 20.0. The van der Waals surface area contributed by atoms with Crippen LogP contribution in [-0.4, -0.2) is 55.3 Å². The maximum Gasteiger partial charge on any atom is 0.287 e. The molecule has 9 nitrogen and oxygen atoms in total. The standard InChI is InChI=1S/C12H13FN4O5/c13-5-1-2-17(9-7(5)10(20)16-11(14)15-9)12(21)4-22-6(3-18)8(12)19/h1-2,6,8,18-19,21H,3-4H2,(H2,14,16,20). The molecule has 3 unspecified atom stereocenters.